The highest BCUT2D eigenvalue weighted by atomic mass is 32.1. The Bertz CT molecular complexity index is 2020. The van der Waals surface area contributed by atoms with Crippen LogP contribution >= 0.6 is 22.7 Å². The first-order valence-electron chi connectivity index (χ1n) is 17.9. The number of nitrogens with one attached hydrogen (secondary N) is 2. The van der Waals surface area contributed by atoms with Gasteiger partial charge < -0.3 is 40.7 Å². The highest BCUT2D eigenvalue weighted by Gasteiger charge is 2.46. The molecule has 2 unspecified atom stereocenters. The highest BCUT2D eigenvalue weighted by Crippen LogP contribution is 2.46. The summed E-state index contributed by atoms with van der Waals surface area (Å²) in [7, 11) is 0. The van der Waals surface area contributed by atoms with Gasteiger partial charge >= 0.3 is 12.2 Å². The molecule has 2 saturated carbocycles. The van der Waals surface area contributed by atoms with Crippen molar-refractivity contribution in [3.05, 3.63) is 47.3 Å². The van der Waals surface area contributed by atoms with Crippen molar-refractivity contribution in [1.82, 2.24) is 29.7 Å². The number of aromatic amines is 2. The maximum absolute atomic E-state index is 13.5. The van der Waals surface area contributed by atoms with Gasteiger partial charge in [-0.2, -0.15) is 0 Å². The molecule has 52 heavy (non-hydrogen) atoms. The third-order valence-electron chi connectivity index (χ3n) is 10.8. The Balaban J connectivity index is 0.982. The zero-order chi connectivity index (χ0) is 36.3. The molecule has 4 aliphatic rings. The fraction of sp³-hybridized carbons (Fsp3) is 0.500. The standard InChI is InChI=1S/C36H42N8O6S2/c1-17-18(2)30(52-29(17)22-16-40-32(42-22)24-6-4-14-44(24)34(46)28(20-9-10-20)50-36(38)48)26-12-11-25(51-26)21-15-39-31(41-21)23-5-3-13-43(23)33(45)27(19-7-8-19)49-35(37)47/h11-12,15-16,19-20,23-24,27-28H,3-10,13-14H2,1-2H3,(H2,37,47)(H2,38,48)(H,39,41)(H,40,42)/t23?,24?,27-,28-/m0/s1. The maximum atomic E-state index is 13.5. The van der Waals surface area contributed by atoms with Crippen LogP contribution in [0.1, 0.15) is 86.2 Å². The molecular formula is C36H42N8O6S2. The smallest absolute Gasteiger partial charge is 0.405 e. The van der Waals surface area contributed by atoms with Gasteiger partial charge in [0.2, 0.25) is 0 Å². The average Bonchev–Trinajstić information content (AvgIpc) is 3.64. The van der Waals surface area contributed by atoms with E-state index < -0.39 is 24.4 Å². The van der Waals surface area contributed by atoms with Crippen LogP contribution < -0.4 is 11.5 Å². The molecule has 4 aromatic rings. The van der Waals surface area contributed by atoms with E-state index in [9.17, 15) is 19.2 Å². The number of nitrogens with zero attached hydrogens (tertiary/aromatic N) is 4. The van der Waals surface area contributed by atoms with Crippen LogP contribution in [-0.2, 0) is 19.1 Å². The number of carbonyl (C=O) groups excluding carboxylic acids is 4. The highest BCUT2D eigenvalue weighted by molar-refractivity contribution is 7.25. The summed E-state index contributed by atoms with van der Waals surface area (Å²) in [6.45, 7) is 5.40. The van der Waals surface area contributed by atoms with Crippen LogP contribution in [0, 0.1) is 25.7 Å². The molecule has 8 rings (SSSR count). The predicted molar refractivity (Wildman–Crippen MR) is 194 cm³/mol. The quantitative estimate of drug-likeness (QED) is 0.144. The van der Waals surface area contributed by atoms with E-state index in [1.807, 2.05) is 12.4 Å². The largest absolute Gasteiger partial charge is 0.436 e. The Morgan fingerprint density at radius 2 is 1.19 bits per heavy atom. The second kappa shape index (κ2) is 13.7. The van der Waals surface area contributed by atoms with Crippen LogP contribution in [0.15, 0.2) is 24.5 Å². The van der Waals surface area contributed by atoms with E-state index in [0.29, 0.717) is 13.1 Å². The molecule has 4 amide bonds. The Morgan fingerprint density at radius 1 is 0.712 bits per heavy atom. The monoisotopic (exact) mass is 746 g/mol. The van der Waals surface area contributed by atoms with Crippen molar-refractivity contribution in [2.24, 2.45) is 23.3 Å². The van der Waals surface area contributed by atoms with Gasteiger partial charge in [-0.25, -0.2) is 19.6 Å². The van der Waals surface area contributed by atoms with Gasteiger partial charge in [0.1, 0.15) is 11.6 Å². The zero-order valence-electron chi connectivity index (χ0n) is 29.1. The lowest BCUT2D eigenvalue weighted by Gasteiger charge is -2.27. The van der Waals surface area contributed by atoms with Gasteiger partial charge in [0.05, 0.1) is 45.6 Å². The Labute approximate surface area is 308 Å². The van der Waals surface area contributed by atoms with Gasteiger partial charge in [-0.05, 0) is 88.5 Å². The van der Waals surface area contributed by atoms with Gasteiger partial charge in [0.15, 0.2) is 12.2 Å². The summed E-state index contributed by atoms with van der Waals surface area (Å²) in [6, 6.07) is 3.76. The third-order valence-corrected chi connectivity index (χ3v) is 13.5. The molecule has 6 heterocycles. The summed E-state index contributed by atoms with van der Waals surface area (Å²) in [6.07, 6.45) is 6.75. The lowest BCUT2D eigenvalue weighted by molar-refractivity contribution is -0.143. The Kier molecular flexibility index (Phi) is 9.06. The molecule has 0 radical (unpaired) electrons. The molecule has 0 spiro atoms. The maximum Gasteiger partial charge on any atom is 0.405 e. The summed E-state index contributed by atoms with van der Waals surface area (Å²) < 4.78 is 10.5. The molecule has 6 N–H and O–H groups in total. The minimum absolute atomic E-state index is 0.0286. The van der Waals surface area contributed by atoms with Crippen LogP contribution in [0.4, 0.5) is 9.59 Å². The average molecular weight is 747 g/mol. The molecule has 4 aromatic heterocycles. The van der Waals surface area contributed by atoms with Crippen LogP contribution in [-0.4, -0.2) is 79.0 Å². The van der Waals surface area contributed by atoms with E-state index in [0.717, 1.165) is 94.6 Å². The molecule has 4 atom stereocenters. The summed E-state index contributed by atoms with van der Waals surface area (Å²) in [4.78, 5) is 74.4. The number of primary amides is 2. The molecule has 16 heteroatoms. The fourth-order valence-corrected chi connectivity index (χ4v) is 10.1. The molecule has 2 aliphatic heterocycles. The minimum Gasteiger partial charge on any atom is -0.436 e. The number of amides is 4. The second-order valence-electron chi connectivity index (χ2n) is 14.3. The minimum atomic E-state index is -0.923. The van der Waals surface area contributed by atoms with Crippen LogP contribution in [0.2, 0.25) is 0 Å². The summed E-state index contributed by atoms with van der Waals surface area (Å²) in [5, 5.41) is 0. The molecule has 274 valence electrons. The number of H-pyrrole nitrogens is 2. The number of nitrogens with two attached hydrogens (primary N) is 2. The van der Waals surface area contributed by atoms with Crippen molar-refractivity contribution in [2.45, 2.75) is 89.5 Å². The van der Waals surface area contributed by atoms with Crippen molar-refractivity contribution in [1.29, 1.82) is 0 Å². The first-order chi connectivity index (χ1) is 25.1. The van der Waals surface area contributed by atoms with E-state index in [1.54, 1.807) is 32.5 Å². The first kappa shape index (κ1) is 34.4. The van der Waals surface area contributed by atoms with E-state index in [2.05, 4.69) is 35.9 Å². The molecular weight excluding hydrogens is 705 g/mol. The summed E-state index contributed by atoms with van der Waals surface area (Å²) >= 11 is 3.38. The molecule has 4 fully saturated rings. The van der Waals surface area contributed by atoms with Crippen molar-refractivity contribution < 1.29 is 28.7 Å². The second-order valence-corrected chi connectivity index (χ2v) is 16.4. The van der Waals surface area contributed by atoms with Gasteiger partial charge in [0.25, 0.3) is 11.8 Å². The van der Waals surface area contributed by atoms with E-state index >= 15 is 0 Å². The van der Waals surface area contributed by atoms with Gasteiger partial charge in [-0.1, -0.05) is 0 Å². The Morgan fingerprint density at radius 3 is 1.71 bits per heavy atom. The van der Waals surface area contributed by atoms with Crippen molar-refractivity contribution >= 4 is 46.7 Å². The first-order valence-corrected chi connectivity index (χ1v) is 19.5. The number of thiophene rings is 2. The van der Waals surface area contributed by atoms with Gasteiger partial charge in [-0.15, -0.1) is 22.7 Å². The van der Waals surface area contributed by atoms with E-state index in [-0.39, 0.29) is 35.7 Å². The van der Waals surface area contributed by atoms with Crippen molar-refractivity contribution in [3.8, 4) is 30.9 Å². The van der Waals surface area contributed by atoms with Crippen LogP contribution in [0.5, 0.6) is 0 Å². The molecule has 0 aromatic carbocycles. The lowest BCUT2D eigenvalue weighted by atomic mass is 10.1. The SMILES string of the molecule is Cc1c(-c2cnc(C3CCCN3C(=O)[C@@H](OC(N)=O)C3CC3)[nH]2)sc(-c2ccc(-c3cnc(C4CCCN4C(=O)[C@@H](OC(N)=O)C4CC4)[nH]3)s2)c1C. The van der Waals surface area contributed by atoms with Crippen molar-refractivity contribution in [3.63, 3.8) is 0 Å². The number of rotatable bonds is 11. The number of hydrogen-bond acceptors (Lipinski definition) is 10. The molecule has 14 nitrogen and oxygen atoms in total. The number of aromatic nitrogens is 4. The number of hydrogen-bond donors (Lipinski definition) is 4. The topological polar surface area (TPSA) is 203 Å². The van der Waals surface area contributed by atoms with Crippen LogP contribution in [0.25, 0.3) is 30.9 Å². The van der Waals surface area contributed by atoms with E-state index in [1.165, 1.54) is 10.4 Å². The van der Waals surface area contributed by atoms with Crippen molar-refractivity contribution in [2.75, 3.05) is 13.1 Å². The number of ether oxygens (including phenoxy) is 2. The Hall–Kier alpha value is -4.70. The molecule has 0 bridgehead atoms. The molecule has 2 saturated heterocycles. The number of imidazole rings is 2. The van der Waals surface area contributed by atoms with Crippen LogP contribution in [0.3, 0.4) is 0 Å². The lowest BCUT2D eigenvalue weighted by Crippen LogP contribution is -2.43. The predicted octanol–water partition coefficient (Wildman–Crippen LogP) is 5.95. The third kappa shape index (κ3) is 6.57. The molecule has 2 aliphatic carbocycles. The summed E-state index contributed by atoms with van der Waals surface area (Å²) in [5.41, 5.74) is 14.7. The van der Waals surface area contributed by atoms with Gasteiger partial charge in [0, 0.05) is 34.7 Å². The fourth-order valence-electron chi connectivity index (χ4n) is 7.65. The van der Waals surface area contributed by atoms with Gasteiger partial charge in [-0.3, -0.25) is 9.59 Å². The zero-order valence-corrected chi connectivity index (χ0v) is 30.7. The number of carbonyl (C=O) groups is 4. The number of likely N-dealkylation sites (tertiary alicyclic amines) is 2. The van der Waals surface area contributed by atoms with E-state index in [4.69, 9.17) is 30.9 Å². The normalized spacial score (nSPS) is 21.3. The summed E-state index contributed by atoms with van der Waals surface area (Å²) in [5.74, 6) is 1.10.